The minimum absolute atomic E-state index is 0.0246. The molecule has 0 aliphatic carbocycles. The molecule has 1 amide bonds. The summed E-state index contributed by atoms with van der Waals surface area (Å²) in [6.45, 7) is 3.68. The van der Waals surface area contributed by atoms with Crippen molar-refractivity contribution < 1.29 is 9.53 Å². The Hall–Kier alpha value is -2.58. The van der Waals surface area contributed by atoms with Gasteiger partial charge < -0.3 is 20.3 Å². The summed E-state index contributed by atoms with van der Waals surface area (Å²) in [6.07, 6.45) is 2.45. The van der Waals surface area contributed by atoms with Crippen LogP contribution in [0.15, 0.2) is 46.8 Å². The number of methoxy groups -OCH3 is 1. The molecule has 0 saturated carbocycles. The van der Waals surface area contributed by atoms with Crippen molar-refractivity contribution in [1.82, 2.24) is 20.4 Å². The molecule has 0 radical (unpaired) electrons. The predicted octanol–water partition coefficient (Wildman–Crippen LogP) is 2.72. The number of nitrogens with one attached hydrogen (secondary N) is 2. The lowest BCUT2D eigenvalue weighted by molar-refractivity contribution is -0.127. The predicted molar refractivity (Wildman–Crippen MR) is 127 cm³/mol. The molecule has 1 aliphatic rings. The van der Waals surface area contributed by atoms with Crippen LogP contribution >= 0.6 is 11.3 Å². The highest BCUT2D eigenvalue weighted by Gasteiger charge is 2.24. The number of nitrogens with zero attached hydrogens (tertiary/aromatic N) is 3. The Bertz CT molecular complexity index is 830. The van der Waals surface area contributed by atoms with Crippen LogP contribution in [0, 0.1) is 0 Å². The van der Waals surface area contributed by atoms with Crippen LogP contribution < -0.4 is 15.4 Å². The number of carbonyl (C=O) groups excluding carboxylic acids is 1. The smallest absolute Gasteiger partial charge is 0.243 e. The highest BCUT2D eigenvalue weighted by atomic mass is 32.1. The fourth-order valence-electron chi connectivity index (χ4n) is 3.58. The number of guanidine groups is 1. The van der Waals surface area contributed by atoms with Gasteiger partial charge in [-0.2, -0.15) is 0 Å². The van der Waals surface area contributed by atoms with Crippen LogP contribution in [-0.4, -0.2) is 69.1 Å². The van der Waals surface area contributed by atoms with Crippen LogP contribution in [0.25, 0.3) is 0 Å². The van der Waals surface area contributed by atoms with E-state index in [-0.39, 0.29) is 18.5 Å². The average molecular weight is 444 g/mol. The van der Waals surface area contributed by atoms with E-state index in [0.717, 1.165) is 18.8 Å². The zero-order valence-corrected chi connectivity index (χ0v) is 19.5. The second-order valence-corrected chi connectivity index (χ2v) is 8.83. The quantitative estimate of drug-likeness (QED) is 0.461. The average Bonchev–Trinajstić information content (AvgIpc) is 3.50. The number of benzene rings is 1. The molecule has 31 heavy (non-hydrogen) atoms. The number of hydrogen-bond acceptors (Lipinski definition) is 5. The van der Waals surface area contributed by atoms with E-state index in [2.05, 4.69) is 44.1 Å². The zero-order valence-electron chi connectivity index (χ0n) is 18.6. The number of likely N-dealkylation sites (tertiary alicyclic amines) is 1. The third-order valence-corrected chi connectivity index (χ3v) is 6.30. The molecule has 0 spiro atoms. The number of rotatable bonds is 9. The number of aliphatic imine (C=N–C) groups is 1. The van der Waals surface area contributed by atoms with Crippen molar-refractivity contribution in [2.24, 2.45) is 4.99 Å². The van der Waals surface area contributed by atoms with Crippen LogP contribution in [0.4, 0.5) is 0 Å². The first-order valence-electron chi connectivity index (χ1n) is 10.7. The SMILES string of the molecule is COc1ccc(C(CNC(=NCC(=O)N(C)C)NCc2cccs2)N2CCCC2)cc1. The second-order valence-electron chi connectivity index (χ2n) is 7.80. The van der Waals surface area contributed by atoms with Gasteiger partial charge in [-0.25, -0.2) is 4.99 Å². The van der Waals surface area contributed by atoms with Gasteiger partial charge in [0.2, 0.25) is 5.91 Å². The summed E-state index contributed by atoms with van der Waals surface area (Å²) in [5.41, 5.74) is 1.25. The van der Waals surface area contributed by atoms with E-state index >= 15 is 0 Å². The first kappa shape index (κ1) is 23.1. The fraction of sp³-hybridized carbons (Fsp3) is 0.478. The van der Waals surface area contributed by atoms with Gasteiger partial charge in [-0.3, -0.25) is 9.69 Å². The molecule has 8 heteroatoms. The Labute approximate surface area is 189 Å². The number of thiophene rings is 1. The molecule has 3 rings (SSSR count). The van der Waals surface area contributed by atoms with E-state index < -0.39 is 0 Å². The summed E-state index contributed by atoms with van der Waals surface area (Å²) in [6, 6.07) is 12.6. The van der Waals surface area contributed by atoms with Crippen LogP contribution in [0.3, 0.4) is 0 Å². The van der Waals surface area contributed by atoms with Gasteiger partial charge in [-0.15, -0.1) is 11.3 Å². The molecule has 168 valence electrons. The van der Waals surface area contributed by atoms with Crippen LogP contribution in [-0.2, 0) is 11.3 Å². The van der Waals surface area contributed by atoms with Gasteiger partial charge in [-0.05, 0) is 55.1 Å². The van der Waals surface area contributed by atoms with E-state index in [0.29, 0.717) is 19.0 Å². The highest BCUT2D eigenvalue weighted by Crippen LogP contribution is 2.26. The van der Waals surface area contributed by atoms with Crippen molar-refractivity contribution in [3.63, 3.8) is 0 Å². The number of amides is 1. The molecule has 1 saturated heterocycles. The maximum atomic E-state index is 12.1. The van der Waals surface area contributed by atoms with E-state index in [1.165, 1.54) is 23.3 Å². The number of likely N-dealkylation sites (N-methyl/N-ethyl adjacent to an activating group) is 1. The van der Waals surface area contributed by atoms with Gasteiger partial charge in [0.05, 0.1) is 19.7 Å². The molecule has 1 aromatic heterocycles. The number of hydrogen-bond donors (Lipinski definition) is 2. The lowest BCUT2D eigenvalue weighted by Gasteiger charge is -2.29. The number of carbonyl (C=O) groups is 1. The van der Waals surface area contributed by atoms with Crippen molar-refractivity contribution >= 4 is 23.2 Å². The molecule has 2 N–H and O–H groups in total. The second kappa shape index (κ2) is 11.7. The van der Waals surface area contributed by atoms with Crippen LogP contribution in [0.2, 0.25) is 0 Å². The summed E-state index contributed by atoms with van der Waals surface area (Å²) < 4.78 is 5.32. The van der Waals surface area contributed by atoms with Gasteiger partial charge in [-0.1, -0.05) is 18.2 Å². The maximum Gasteiger partial charge on any atom is 0.243 e. The molecule has 1 atom stereocenters. The first-order chi connectivity index (χ1) is 15.1. The van der Waals surface area contributed by atoms with Gasteiger partial charge in [0.1, 0.15) is 12.3 Å². The maximum absolute atomic E-state index is 12.1. The molecule has 1 unspecified atom stereocenters. The lowest BCUT2D eigenvalue weighted by atomic mass is 10.1. The summed E-state index contributed by atoms with van der Waals surface area (Å²) in [7, 11) is 5.18. The van der Waals surface area contributed by atoms with E-state index in [4.69, 9.17) is 4.74 Å². The van der Waals surface area contributed by atoms with Crippen molar-refractivity contribution in [2.45, 2.75) is 25.4 Å². The summed E-state index contributed by atoms with van der Waals surface area (Å²) >= 11 is 1.70. The topological polar surface area (TPSA) is 69.2 Å². The summed E-state index contributed by atoms with van der Waals surface area (Å²) in [4.78, 5) is 21.9. The van der Waals surface area contributed by atoms with Crippen LogP contribution in [0.1, 0.15) is 29.3 Å². The molecule has 2 heterocycles. The van der Waals surface area contributed by atoms with Gasteiger partial charge in [0.15, 0.2) is 5.96 Å². The molecule has 0 bridgehead atoms. The van der Waals surface area contributed by atoms with Gasteiger partial charge in [0.25, 0.3) is 0 Å². The highest BCUT2D eigenvalue weighted by molar-refractivity contribution is 7.09. The third kappa shape index (κ3) is 6.97. The minimum atomic E-state index is -0.0246. The zero-order chi connectivity index (χ0) is 22.1. The lowest BCUT2D eigenvalue weighted by Crippen LogP contribution is -2.43. The normalized spacial score (nSPS) is 15.5. The minimum Gasteiger partial charge on any atom is -0.497 e. The Morgan fingerprint density at radius 2 is 1.94 bits per heavy atom. The van der Waals surface area contributed by atoms with Gasteiger partial charge in [0, 0.05) is 25.5 Å². The monoisotopic (exact) mass is 443 g/mol. The summed E-state index contributed by atoms with van der Waals surface area (Å²) in [5, 5.41) is 8.91. The molecular formula is C23H33N5O2S. The van der Waals surface area contributed by atoms with Crippen LogP contribution in [0.5, 0.6) is 5.75 Å². The first-order valence-corrected chi connectivity index (χ1v) is 11.6. The molecule has 1 aromatic carbocycles. The third-order valence-electron chi connectivity index (χ3n) is 5.43. The Morgan fingerprint density at radius 1 is 1.19 bits per heavy atom. The standard InChI is InChI=1S/C23H33N5O2S/c1-27(2)22(29)17-26-23(24-15-20-7-6-14-31-20)25-16-21(28-12-4-5-13-28)18-8-10-19(30-3)11-9-18/h6-11,14,21H,4-5,12-13,15-17H2,1-3H3,(H2,24,25,26). The van der Waals surface area contributed by atoms with Crippen molar-refractivity contribution in [3.05, 3.63) is 52.2 Å². The molecule has 1 fully saturated rings. The molecular weight excluding hydrogens is 410 g/mol. The largest absolute Gasteiger partial charge is 0.497 e. The van der Waals surface area contributed by atoms with Crippen molar-refractivity contribution in [1.29, 1.82) is 0 Å². The fourth-order valence-corrected chi connectivity index (χ4v) is 4.22. The van der Waals surface area contributed by atoms with Gasteiger partial charge >= 0.3 is 0 Å². The van der Waals surface area contributed by atoms with Crippen molar-refractivity contribution in [2.75, 3.05) is 47.4 Å². The molecule has 7 nitrogen and oxygen atoms in total. The van der Waals surface area contributed by atoms with E-state index in [9.17, 15) is 4.79 Å². The summed E-state index contributed by atoms with van der Waals surface area (Å²) in [5.74, 6) is 1.49. The molecule has 2 aromatic rings. The van der Waals surface area contributed by atoms with E-state index in [1.54, 1.807) is 37.4 Å². The Balaban J connectivity index is 1.70. The van der Waals surface area contributed by atoms with Crippen molar-refractivity contribution in [3.8, 4) is 5.75 Å². The molecule has 1 aliphatic heterocycles. The Kier molecular flexibility index (Phi) is 8.73. The van der Waals surface area contributed by atoms with E-state index in [1.807, 2.05) is 18.2 Å². The Morgan fingerprint density at radius 3 is 2.55 bits per heavy atom. The number of ether oxygens (including phenoxy) is 1.